The van der Waals surface area contributed by atoms with Crippen LogP contribution in [0.2, 0.25) is 0 Å². The molecule has 31 heteroatoms. The lowest BCUT2D eigenvalue weighted by Crippen LogP contribution is -2.44. The van der Waals surface area contributed by atoms with Gasteiger partial charge in [0.25, 0.3) is 28.5 Å². The first-order chi connectivity index (χ1) is 45.0. The number of esters is 2. The third-order valence-electron chi connectivity index (χ3n) is 15.2. The fraction of sp³-hybridized carbons (Fsp3) is 0.523. The van der Waals surface area contributed by atoms with E-state index in [9.17, 15) is 57.1 Å². The number of carbonyl (C=O) groups is 6. The second-order valence-corrected chi connectivity index (χ2v) is 33.8. The summed E-state index contributed by atoms with van der Waals surface area (Å²) in [6.07, 6.45) is 4.22. The van der Waals surface area contributed by atoms with Gasteiger partial charge in [0.2, 0.25) is 17.7 Å². The van der Waals surface area contributed by atoms with Gasteiger partial charge in [0.1, 0.15) is 22.6 Å². The lowest BCUT2D eigenvalue weighted by atomic mass is 9.98. The first kappa shape index (κ1) is 83.9. The molecule has 4 aromatic rings. The van der Waals surface area contributed by atoms with E-state index in [1.165, 1.54) is 22.3 Å². The van der Waals surface area contributed by atoms with E-state index in [1.54, 1.807) is 73.7 Å². The number of likely N-dealkylation sites (tertiary alicyclic amines) is 3. The lowest BCUT2D eigenvalue weighted by Gasteiger charge is -2.34. The number of nitrogens with two attached hydrogens (primary N) is 1. The van der Waals surface area contributed by atoms with Crippen LogP contribution in [-0.2, 0) is 91.7 Å². The molecule has 4 fully saturated rings. The molecule has 0 radical (unpaired) electrons. The quantitative estimate of drug-likeness (QED) is 0.0177. The van der Waals surface area contributed by atoms with Gasteiger partial charge in [-0.05, 0) is 115 Å². The Hall–Kier alpha value is -6.29. The number of rotatable bonds is 20. The Morgan fingerprint density at radius 3 is 1.12 bits per heavy atom. The highest BCUT2D eigenvalue weighted by Crippen LogP contribution is 2.53. The van der Waals surface area contributed by atoms with Gasteiger partial charge in [-0.2, -0.15) is 5.26 Å². The minimum atomic E-state index is -4.23. The Balaban J connectivity index is 0.000000325. The van der Waals surface area contributed by atoms with Crippen molar-refractivity contribution in [3.8, 4) is 6.07 Å². The summed E-state index contributed by atoms with van der Waals surface area (Å²) in [6.45, 7) is 14.2. The van der Waals surface area contributed by atoms with Crippen LogP contribution in [0.5, 0.6) is 0 Å². The van der Waals surface area contributed by atoms with Gasteiger partial charge in [-0.15, -0.1) is 0 Å². The van der Waals surface area contributed by atoms with E-state index in [0.29, 0.717) is 82.9 Å². The molecule has 0 bridgehead atoms. The van der Waals surface area contributed by atoms with Crippen LogP contribution < -0.4 is 21.0 Å². The fourth-order valence-electron chi connectivity index (χ4n) is 9.50. The van der Waals surface area contributed by atoms with Crippen molar-refractivity contribution >= 4 is 65.7 Å². The van der Waals surface area contributed by atoms with Crippen LogP contribution in [0.4, 0.5) is 0 Å². The van der Waals surface area contributed by atoms with Gasteiger partial charge in [-0.1, -0.05) is 121 Å². The number of hydroxylamine groups is 2. The molecule has 7 unspecified atom stereocenters. The van der Waals surface area contributed by atoms with Gasteiger partial charge in [-0.25, -0.2) is 20.3 Å². The third kappa shape index (κ3) is 28.7. The maximum atomic E-state index is 13.6. The van der Waals surface area contributed by atoms with E-state index in [1.807, 2.05) is 121 Å². The van der Waals surface area contributed by atoms with Crippen LogP contribution in [0.25, 0.3) is 0 Å². The maximum Gasteiger partial charge on any atom is 0.337 e. The van der Waals surface area contributed by atoms with E-state index in [2.05, 4.69) is 15.3 Å². The molecule has 532 valence electrons. The zero-order valence-corrected chi connectivity index (χ0v) is 60.3. The summed E-state index contributed by atoms with van der Waals surface area (Å²) < 4.78 is 71.2. The molecule has 4 aliphatic heterocycles. The SMILES string of the molecule is CC#N.CC(C)(C)C(=O)OCOP(=O)(NCc1ccccc1)C1CCCN(O)C1=O.CN1CCCC(P(=O)(NCc2ccccc2)OCOC(=O)C(C)(C)C)C1=O.CN1CCCC(P(=O)(O)NCc2ccccc2)C1=O.CN1CCCC(P(=O)(O)O)C1=O.NCc1ccccc1. The molecule has 0 aliphatic carbocycles. The molecule has 4 aromatic carbocycles. The number of carbonyl (C=O) groups excluding carboxylic acids is 6. The van der Waals surface area contributed by atoms with E-state index in [-0.39, 0.29) is 24.9 Å². The lowest BCUT2D eigenvalue weighted by molar-refractivity contribution is -0.169. The molecule has 4 heterocycles. The molecule has 96 heavy (non-hydrogen) atoms. The smallest absolute Gasteiger partial charge is 0.337 e. The molecule has 4 saturated heterocycles. The van der Waals surface area contributed by atoms with E-state index in [0.717, 1.165) is 29.5 Å². The van der Waals surface area contributed by atoms with Gasteiger partial charge in [0, 0.05) is 80.4 Å². The number of benzene rings is 4. The summed E-state index contributed by atoms with van der Waals surface area (Å²) in [5.74, 6) is -2.51. The molecular weight excluding hydrogens is 1320 g/mol. The van der Waals surface area contributed by atoms with Crippen molar-refractivity contribution in [2.45, 2.75) is 149 Å². The van der Waals surface area contributed by atoms with E-state index < -0.39 is 101 Å². The highest BCUT2D eigenvalue weighted by atomic mass is 31.2. The van der Waals surface area contributed by atoms with E-state index >= 15 is 0 Å². The highest BCUT2D eigenvalue weighted by Gasteiger charge is 2.46. The molecule has 4 aliphatic rings. The number of hydrogen-bond acceptors (Lipinski definition) is 17. The van der Waals surface area contributed by atoms with Crippen molar-refractivity contribution < 1.29 is 85.4 Å². The second kappa shape index (κ2) is 40.6. The number of hydrogen-bond donors (Lipinski definition) is 8. The first-order valence-electron chi connectivity index (χ1n) is 31.4. The minimum Gasteiger partial charge on any atom is -0.438 e. The average Bonchev–Trinajstić information content (AvgIpc) is 0.845. The summed E-state index contributed by atoms with van der Waals surface area (Å²) in [6, 6.07) is 39.8. The van der Waals surface area contributed by atoms with Crippen molar-refractivity contribution in [2.24, 2.45) is 16.6 Å². The zero-order chi connectivity index (χ0) is 71.9. The third-order valence-corrected chi connectivity index (χ3v) is 23.2. The summed E-state index contributed by atoms with van der Waals surface area (Å²) in [4.78, 5) is 104. The molecule has 4 amide bonds. The highest BCUT2D eigenvalue weighted by molar-refractivity contribution is 7.59. The van der Waals surface area contributed by atoms with Crippen LogP contribution in [0, 0.1) is 22.2 Å². The molecule has 7 atom stereocenters. The van der Waals surface area contributed by atoms with Gasteiger partial charge >= 0.3 is 19.5 Å². The molecule has 9 N–H and O–H groups in total. The van der Waals surface area contributed by atoms with E-state index in [4.69, 9.17) is 39.3 Å². The standard InChI is InChI=1S/C19H29N2O5P.C18H27N2O6P.C13H19N2O3P.C7H9N.C6H12NO4P.C2H3N/c1-19(2,3)18(23)25-14-26-27(24,16-11-8-12-21(4)17(16)22)20-13-15-9-6-5-7-10-15;1-18(2,3)17(22)25-13-26-27(24,15-10-7-11-20(23)16(15)21)19-12-14-8-5-4-6-9-14;1-15-9-5-8-12(13(15)16)19(17,18)14-10-11-6-3-2-4-7-11;8-6-7-4-2-1-3-5-7;1-7-4-2-3-5(6(7)8)12(9,10)11;1-2-3/h5-7,9-10,16H,8,11-14H2,1-4H3,(H,20,24);4-6,8-9,15,23H,7,10-13H2,1-3H3,(H,19,24);2-4,6-7,12H,5,8-10H2,1H3,(H2,14,17,18);1-5H,6,8H2;5H,2-4H2,1H3,(H2,9,10,11);1H3. The van der Waals surface area contributed by atoms with Crippen LogP contribution in [0.15, 0.2) is 121 Å². The van der Waals surface area contributed by atoms with Gasteiger partial charge in [0.15, 0.2) is 13.6 Å². The van der Waals surface area contributed by atoms with Crippen LogP contribution in [-0.4, -0.2) is 159 Å². The summed E-state index contributed by atoms with van der Waals surface area (Å²) in [7, 11) is -10.3. The number of amides is 4. The fourth-order valence-corrected chi connectivity index (χ4v) is 16.3. The molecule has 8 rings (SSSR count). The number of ether oxygens (including phenoxy) is 2. The Bertz CT molecular complexity index is 3200. The molecule has 0 spiro atoms. The molecule has 27 nitrogen and oxygen atoms in total. The number of piperidine rings is 4. The number of nitrogens with one attached hydrogen (secondary N) is 3. The Labute approximate surface area is 564 Å². The molecular formula is C65H99N9O18P4. The Kier molecular flexibility index (Phi) is 35.5. The van der Waals surface area contributed by atoms with Crippen LogP contribution in [0.1, 0.15) is 122 Å². The van der Waals surface area contributed by atoms with Crippen molar-refractivity contribution in [3.63, 3.8) is 0 Å². The monoisotopic (exact) mass is 1420 g/mol. The second-order valence-electron chi connectivity index (χ2n) is 25.0. The molecule has 0 aromatic heterocycles. The van der Waals surface area contributed by atoms with Crippen molar-refractivity contribution in [1.82, 2.24) is 35.0 Å². The Morgan fingerprint density at radius 1 is 0.510 bits per heavy atom. The van der Waals surface area contributed by atoms with Crippen molar-refractivity contribution in [2.75, 3.05) is 60.9 Å². The van der Waals surface area contributed by atoms with Gasteiger partial charge in [-0.3, -0.25) is 61.3 Å². The van der Waals surface area contributed by atoms with Crippen LogP contribution >= 0.6 is 30.2 Å². The zero-order valence-electron chi connectivity index (χ0n) is 56.7. The normalized spacial score (nSPS) is 20.1. The maximum absolute atomic E-state index is 13.6. The van der Waals surface area contributed by atoms with Gasteiger partial charge < -0.3 is 44.6 Å². The average molecular weight is 1420 g/mol. The van der Waals surface area contributed by atoms with Crippen LogP contribution in [0.3, 0.4) is 0 Å². The summed E-state index contributed by atoms with van der Waals surface area (Å²) in [5, 5.41) is 26.0. The summed E-state index contributed by atoms with van der Waals surface area (Å²) in [5.41, 5.74) is 4.09. The predicted molar refractivity (Wildman–Crippen MR) is 364 cm³/mol. The summed E-state index contributed by atoms with van der Waals surface area (Å²) >= 11 is 0. The Morgan fingerprint density at radius 2 is 0.802 bits per heavy atom. The largest absolute Gasteiger partial charge is 0.438 e. The van der Waals surface area contributed by atoms with Crippen molar-refractivity contribution in [3.05, 3.63) is 144 Å². The molecule has 0 saturated carbocycles. The van der Waals surface area contributed by atoms with Gasteiger partial charge in [0.05, 0.1) is 16.9 Å². The number of nitrogens with zero attached hydrogens (tertiary/aromatic N) is 5. The first-order valence-corrected chi connectivity index (χ1v) is 38.2. The predicted octanol–water partition coefficient (Wildman–Crippen LogP) is 9.11. The van der Waals surface area contributed by atoms with Crippen molar-refractivity contribution in [1.29, 1.82) is 5.26 Å². The topological polar surface area (TPSA) is 387 Å². The number of nitriles is 1. The minimum absolute atomic E-state index is 0.188.